The first-order chi connectivity index (χ1) is 15.3. The van der Waals surface area contributed by atoms with Crippen molar-refractivity contribution < 1.29 is 14.6 Å². The van der Waals surface area contributed by atoms with E-state index in [-0.39, 0.29) is 12.0 Å². The second-order valence-electron chi connectivity index (χ2n) is 8.70. The minimum absolute atomic E-state index is 0.189. The maximum Gasteiger partial charge on any atom is 0.227 e. The number of aryl methyl sites for hydroxylation is 1. The molecule has 3 aromatic rings. The van der Waals surface area contributed by atoms with Crippen molar-refractivity contribution in [2.75, 3.05) is 13.7 Å². The Bertz CT molecular complexity index is 999. The molecule has 1 N–H and O–H groups in total. The molecule has 6 nitrogen and oxygen atoms in total. The highest BCUT2D eigenvalue weighted by atomic mass is 16.5. The molecule has 0 fully saturated rings. The second-order valence-corrected chi connectivity index (χ2v) is 8.70. The zero-order valence-corrected chi connectivity index (χ0v) is 19.9. The normalized spacial score (nSPS) is 12.6. The van der Waals surface area contributed by atoms with Crippen LogP contribution in [0, 0.1) is 12.8 Å². The Morgan fingerprint density at radius 3 is 2.19 bits per heavy atom. The van der Waals surface area contributed by atoms with Gasteiger partial charge in [0.15, 0.2) is 11.5 Å². The number of ether oxygens (including phenoxy) is 2. The maximum absolute atomic E-state index is 10.5. The van der Waals surface area contributed by atoms with Gasteiger partial charge in [-0.2, -0.15) is 5.10 Å². The molecular weight excluding hydrogens is 402 g/mol. The highest BCUT2D eigenvalue weighted by Gasteiger charge is 2.25. The van der Waals surface area contributed by atoms with Gasteiger partial charge in [0.25, 0.3) is 0 Å². The largest absolute Gasteiger partial charge is 0.493 e. The lowest BCUT2D eigenvalue weighted by Crippen LogP contribution is -2.39. The Labute approximate surface area is 191 Å². The molecule has 0 saturated heterocycles. The van der Waals surface area contributed by atoms with Gasteiger partial charge < -0.3 is 14.6 Å². The van der Waals surface area contributed by atoms with Crippen LogP contribution in [-0.2, 0) is 6.54 Å². The molecule has 6 heteroatoms. The fourth-order valence-corrected chi connectivity index (χ4v) is 3.49. The van der Waals surface area contributed by atoms with Crippen LogP contribution < -0.4 is 9.47 Å². The number of benzene rings is 2. The van der Waals surface area contributed by atoms with Gasteiger partial charge in [-0.25, -0.2) is 4.68 Å². The number of para-hydroxylation sites is 3. The molecule has 0 spiro atoms. The van der Waals surface area contributed by atoms with Crippen LogP contribution in [0.25, 0.3) is 5.69 Å². The molecule has 0 aliphatic rings. The number of aromatic nitrogens is 2. The summed E-state index contributed by atoms with van der Waals surface area (Å²) in [6.45, 7) is 11.6. The number of rotatable bonds is 10. The molecule has 0 aliphatic heterocycles. The number of nitrogens with zero attached hydrogens (tertiary/aromatic N) is 3. The van der Waals surface area contributed by atoms with Crippen molar-refractivity contribution in [3.63, 3.8) is 0 Å². The van der Waals surface area contributed by atoms with E-state index in [4.69, 9.17) is 14.6 Å². The van der Waals surface area contributed by atoms with Crippen molar-refractivity contribution in [3.8, 4) is 23.1 Å². The first-order valence-corrected chi connectivity index (χ1v) is 11.2. The minimum atomic E-state index is -0.402. The molecule has 32 heavy (non-hydrogen) atoms. The molecular formula is C26H35N3O3. The third-order valence-corrected chi connectivity index (χ3v) is 5.70. The number of methoxy groups -OCH3 is 1. The van der Waals surface area contributed by atoms with Crippen LogP contribution in [0.4, 0.5) is 0 Å². The van der Waals surface area contributed by atoms with Crippen molar-refractivity contribution in [3.05, 3.63) is 65.9 Å². The van der Waals surface area contributed by atoms with Crippen LogP contribution in [0.15, 0.2) is 54.6 Å². The van der Waals surface area contributed by atoms with Gasteiger partial charge in [-0.3, -0.25) is 4.90 Å². The van der Waals surface area contributed by atoms with Crippen LogP contribution >= 0.6 is 0 Å². The molecule has 2 aromatic carbocycles. The molecule has 0 bridgehead atoms. The van der Waals surface area contributed by atoms with Gasteiger partial charge in [-0.1, -0.05) is 44.2 Å². The Morgan fingerprint density at radius 1 is 0.969 bits per heavy atom. The molecule has 1 aromatic heterocycles. The van der Waals surface area contributed by atoms with Crippen LogP contribution in [0.2, 0.25) is 0 Å². The van der Waals surface area contributed by atoms with E-state index in [2.05, 4.69) is 18.7 Å². The van der Waals surface area contributed by atoms with Crippen molar-refractivity contribution in [1.82, 2.24) is 14.7 Å². The third kappa shape index (κ3) is 5.50. The lowest BCUT2D eigenvalue weighted by Gasteiger charge is -2.30. The number of hydrogen-bond acceptors (Lipinski definition) is 5. The summed E-state index contributed by atoms with van der Waals surface area (Å²) < 4.78 is 13.8. The average Bonchev–Trinajstić information content (AvgIpc) is 3.09. The minimum Gasteiger partial charge on any atom is -0.493 e. The van der Waals surface area contributed by atoms with E-state index < -0.39 is 6.10 Å². The first kappa shape index (κ1) is 23.8. The molecule has 0 amide bonds. The molecule has 1 unspecified atom stereocenters. The van der Waals surface area contributed by atoms with Crippen LogP contribution in [0.5, 0.6) is 17.4 Å². The Balaban J connectivity index is 2.06. The second kappa shape index (κ2) is 10.7. The Kier molecular flexibility index (Phi) is 7.94. The monoisotopic (exact) mass is 437 g/mol. The number of aliphatic hydroxyl groups is 1. The van der Waals surface area contributed by atoms with Crippen molar-refractivity contribution >= 4 is 0 Å². The highest BCUT2D eigenvalue weighted by molar-refractivity contribution is 5.47. The summed E-state index contributed by atoms with van der Waals surface area (Å²) in [4.78, 5) is 2.26. The summed E-state index contributed by atoms with van der Waals surface area (Å²) in [5, 5.41) is 15.4. The molecule has 1 atom stereocenters. The van der Waals surface area contributed by atoms with E-state index in [1.165, 1.54) is 0 Å². The molecule has 0 saturated carbocycles. The van der Waals surface area contributed by atoms with Gasteiger partial charge in [0.05, 0.1) is 30.2 Å². The summed E-state index contributed by atoms with van der Waals surface area (Å²) >= 11 is 0. The maximum atomic E-state index is 10.5. The predicted octanol–water partition coefficient (Wildman–Crippen LogP) is 5.21. The Morgan fingerprint density at radius 2 is 1.59 bits per heavy atom. The standard InChI is InChI=1S/C26H35N3O3/c1-18(2)23(30)17-28(19(3)4)16-22-20(5)27-29(21-12-8-7-9-13-21)26(22)32-25-15-11-10-14-24(25)31-6/h7-15,18-19,23,30H,16-17H2,1-6H3. The van der Waals surface area contributed by atoms with Gasteiger partial charge in [0, 0.05) is 19.1 Å². The van der Waals surface area contributed by atoms with Gasteiger partial charge in [-0.05, 0) is 51.0 Å². The summed E-state index contributed by atoms with van der Waals surface area (Å²) in [7, 11) is 1.64. The average molecular weight is 438 g/mol. The van der Waals surface area contributed by atoms with E-state index in [1.54, 1.807) is 7.11 Å². The molecule has 0 aliphatic carbocycles. The van der Waals surface area contributed by atoms with E-state index in [9.17, 15) is 5.11 Å². The quantitative estimate of drug-likeness (QED) is 0.472. The zero-order chi connectivity index (χ0) is 23.3. The van der Waals surface area contributed by atoms with Crippen molar-refractivity contribution in [1.29, 1.82) is 0 Å². The molecule has 172 valence electrons. The summed E-state index contributed by atoms with van der Waals surface area (Å²) in [6, 6.07) is 17.8. The fourth-order valence-electron chi connectivity index (χ4n) is 3.49. The van der Waals surface area contributed by atoms with E-state index in [1.807, 2.05) is 80.1 Å². The third-order valence-electron chi connectivity index (χ3n) is 5.70. The fraction of sp³-hybridized carbons (Fsp3) is 0.423. The molecule has 3 rings (SSSR count). The first-order valence-electron chi connectivity index (χ1n) is 11.2. The van der Waals surface area contributed by atoms with Crippen molar-refractivity contribution in [2.24, 2.45) is 5.92 Å². The number of aliphatic hydroxyl groups excluding tert-OH is 1. The summed E-state index contributed by atoms with van der Waals surface area (Å²) in [5.41, 5.74) is 2.80. The van der Waals surface area contributed by atoms with Crippen LogP contribution in [0.3, 0.4) is 0 Å². The number of hydrogen-bond donors (Lipinski definition) is 1. The van der Waals surface area contributed by atoms with Crippen LogP contribution in [-0.4, -0.2) is 45.6 Å². The van der Waals surface area contributed by atoms with E-state index in [0.717, 1.165) is 16.9 Å². The topological polar surface area (TPSA) is 59.8 Å². The van der Waals surface area contributed by atoms with Crippen molar-refractivity contribution in [2.45, 2.75) is 53.3 Å². The summed E-state index contributed by atoms with van der Waals surface area (Å²) in [5.74, 6) is 2.14. The predicted molar refractivity (Wildman–Crippen MR) is 128 cm³/mol. The van der Waals surface area contributed by atoms with Gasteiger partial charge in [-0.15, -0.1) is 0 Å². The molecule has 1 heterocycles. The lowest BCUT2D eigenvalue weighted by atomic mass is 10.1. The van der Waals surface area contributed by atoms with E-state index in [0.29, 0.717) is 30.5 Å². The van der Waals surface area contributed by atoms with E-state index >= 15 is 0 Å². The van der Waals surface area contributed by atoms with Gasteiger partial charge >= 0.3 is 0 Å². The lowest BCUT2D eigenvalue weighted by molar-refractivity contribution is 0.0594. The smallest absolute Gasteiger partial charge is 0.227 e. The SMILES string of the molecule is COc1ccccc1Oc1c(CN(CC(O)C(C)C)C(C)C)c(C)nn1-c1ccccc1. The Hall–Kier alpha value is -2.83. The highest BCUT2D eigenvalue weighted by Crippen LogP contribution is 2.36. The molecule has 0 radical (unpaired) electrons. The zero-order valence-electron chi connectivity index (χ0n) is 19.9. The van der Waals surface area contributed by atoms with Gasteiger partial charge in [0.1, 0.15) is 0 Å². The summed E-state index contributed by atoms with van der Waals surface area (Å²) in [6.07, 6.45) is -0.402. The van der Waals surface area contributed by atoms with Crippen LogP contribution in [0.1, 0.15) is 39.0 Å². The van der Waals surface area contributed by atoms with Gasteiger partial charge in [0.2, 0.25) is 5.88 Å².